The topological polar surface area (TPSA) is 51.5 Å². The molecular weight excluding hydrogens is 261 g/mol. The fraction of sp³-hybridized carbons (Fsp3) is 0.267. The number of aliphatic hydroxyl groups excluding tert-OH is 1. The highest BCUT2D eigenvalue weighted by Crippen LogP contribution is 2.09. The fourth-order valence-electron chi connectivity index (χ4n) is 1.83. The highest BCUT2D eigenvalue weighted by molar-refractivity contribution is 5.20. The highest BCUT2D eigenvalue weighted by atomic mass is 19.1. The van der Waals surface area contributed by atoms with Crippen molar-refractivity contribution in [3.63, 3.8) is 0 Å². The first-order chi connectivity index (χ1) is 9.70. The van der Waals surface area contributed by atoms with Crippen LogP contribution >= 0.6 is 0 Å². The van der Waals surface area contributed by atoms with Gasteiger partial charge in [0, 0.05) is 19.3 Å². The van der Waals surface area contributed by atoms with Crippen LogP contribution in [-0.4, -0.2) is 16.3 Å². The number of aromatic nitrogens is 1. The van der Waals surface area contributed by atoms with Crippen LogP contribution in [-0.2, 0) is 13.2 Å². The van der Waals surface area contributed by atoms with Crippen LogP contribution in [0.2, 0.25) is 0 Å². The molecule has 0 saturated heterocycles. The van der Waals surface area contributed by atoms with Gasteiger partial charge in [-0.2, -0.15) is 0 Å². The third kappa shape index (κ3) is 3.68. The number of aryl methyl sites for hydroxylation is 1. The Balaban J connectivity index is 2.08. The van der Waals surface area contributed by atoms with Gasteiger partial charge in [0.15, 0.2) is 5.75 Å². The minimum atomic E-state index is -0.334. The van der Waals surface area contributed by atoms with Crippen molar-refractivity contribution in [2.24, 2.45) is 0 Å². The first-order valence-corrected chi connectivity index (χ1v) is 6.38. The van der Waals surface area contributed by atoms with E-state index in [0.717, 1.165) is 0 Å². The van der Waals surface area contributed by atoms with Crippen LogP contribution in [0.1, 0.15) is 12.0 Å². The number of pyridine rings is 1. The van der Waals surface area contributed by atoms with Crippen LogP contribution in [0.25, 0.3) is 0 Å². The summed E-state index contributed by atoms with van der Waals surface area (Å²) in [4.78, 5) is 12.0. The molecule has 20 heavy (non-hydrogen) atoms. The summed E-state index contributed by atoms with van der Waals surface area (Å²) < 4.78 is 19.9. The van der Waals surface area contributed by atoms with E-state index in [-0.39, 0.29) is 30.3 Å². The van der Waals surface area contributed by atoms with Crippen LogP contribution in [0.4, 0.5) is 4.39 Å². The van der Waals surface area contributed by atoms with Gasteiger partial charge in [-0.05, 0) is 36.2 Å². The van der Waals surface area contributed by atoms with Gasteiger partial charge >= 0.3 is 0 Å². The van der Waals surface area contributed by atoms with E-state index < -0.39 is 0 Å². The number of aliphatic hydroxyl groups is 1. The molecule has 1 heterocycles. The SMILES string of the molecule is O=c1c(OCc2cccc(F)c2)cccn1CCCO. The quantitative estimate of drug-likeness (QED) is 0.878. The molecule has 4 nitrogen and oxygen atoms in total. The molecule has 2 aromatic rings. The Morgan fingerprint density at radius 2 is 2.10 bits per heavy atom. The summed E-state index contributed by atoms with van der Waals surface area (Å²) in [5, 5.41) is 8.78. The van der Waals surface area contributed by atoms with Crippen molar-refractivity contribution in [2.75, 3.05) is 6.61 Å². The fourth-order valence-corrected chi connectivity index (χ4v) is 1.83. The number of nitrogens with zero attached hydrogens (tertiary/aromatic N) is 1. The molecule has 0 aliphatic rings. The molecule has 0 unspecified atom stereocenters. The molecule has 0 saturated carbocycles. The van der Waals surface area contributed by atoms with Crippen molar-refractivity contribution in [3.05, 3.63) is 64.3 Å². The summed E-state index contributed by atoms with van der Waals surface area (Å²) in [5.41, 5.74) is 0.410. The van der Waals surface area contributed by atoms with Gasteiger partial charge in [-0.25, -0.2) is 4.39 Å². The number of halogens is 1. The van der Waals surface area contributed by atoms with Crippen molar-refractivity contribution in [3.8, 4) is 5.75 Å². The van der Waals surface area contributed by atoms with E-state index in [4.69, 9.17) is 9.84 Å². The second-order valence-electron chi connectivity index (χ2n) is 4.37. The van der Waals surface area contributed by atoms with Gasteiger partial charge < -0.3 is 14.4 Å². The van der Waals surface area contributed by atoms with E-state index in [1.54, 1.807) is 30.5 Å². The molecule has 1 aromatic carbocycles. The van der Waals surface area contributed by atoms with Gasteiger partial charge in [0.25, 0.3) is 5.56 Å². The predicted molar refractivity (Wildman–Crippen MR) is 73.1 cm³/mol. The summed E-state index contributed by atoms with van der Waals surface area (Å²) in [6, 6.07) is 9.34. The van der Waals surface area contributed by atoms with E-state index in [0.29, 0.717) is 18.5 Å². The number of hydrogen-bond donors (Lipinski definition) is 1. The Morgan fingerprint density at radius 3 is 2.85 bits per heavy atom. The molecule has 106 valence electrons. The van der Waals surface area contributed by atoms with Crippen molar-refractivity contribution >= 4 is 0 Å². The lowest BCUT2D eigenvalue weighted by Crippen LogP contribution is -2.21. The Morgan fingerprint density at radius 1 is 1.25 bits per heavy atom. The average molecular weight is 277 g/mol. The minimum absolute atomic E-state index is 0.0286. The number of benzene rings is 1. The van der Waals surface area contributed by atoms with Crippen LogP contribution in [0.5, 0.6) is 5.75 Å². The zero-order valence-corrected chi connectivity index (χ0v) is 11.0. The summed E-state index contributed by atoms with van der Waals surface area (Å²) in [7, 11) is 0. The molecule has 5 heteroatoms. The minimum Gasteiger partial charge on any atom is -0.483 e. The number of ether oxygens (including phenoxy) is 1. The van der Waals surface area contributed by atoms with E-state index in [9.17, 15) is 9.18 Å². The van der Waals surface area contributed by atoms with Gasteiger partial charge in [-0.1, -0.05) is 12.1 Å². The summed E-state index contributed by atoms with van der Waals surface area (Å²) in [5.74, 6) is -0.116. The van der Waals surface area contributed by atoms with Crippen molar-refractivity contribution < 1.29 is 14.2 Å². The number of rotatable bonds is 6. The third-order valence-electron chi connectivity index (χ3n) is 2.83. The second-order valence-corrected chi connectivity index (χ2v) is 4.37. The van der Waals surface area contributed by atoms with Crippen molar-refractivity contribution in [1.29, 1.82) is 0 Å². The first kappa shape index (κ1) is 14.3. The maximum Gasteiger partial charge on any atom is 0.292 e. The van der Waals surface area contributed by atoms with Crippen LogP contribution in [0.3, 0.4) is 0 Å². The predicted octanol–water partition coefficient (Wildman–Crippen LogP) is 1.95. The Labute approximate surface area is 116 Å². The van der Waals surface area contributed by atoms with E-state index in [1.165, 1.54) is 16.7 Å². The normalized spacial score (nSPS) is 10.5. The second kappa shape index (κ2) is 6.86. The summed E-state index contributed by atoms with van der Waals surface area (Å²) in [6.45, 7) is 0.602. The maximum atomic E-state index is 13.0. The van der Waals surface area contributed by atoms with E-state index in [1.807, 2.05) is 0 Å². The maximum absolute atomic E-state index is 13.0. The summed E-state index contributed by atoms with van der Waals surface area (Å²) >= 11 is 0. The largest absolute Gasteiger partial charge is 0.483 e. The van der Waals surface area contributed by atoms with E-state index in [2.05, 4.69) is 0 Å². The average Bonchev–Trinajstić information content (AvgIpc) is 2.45. The molecule has 0 aliphatic carbocycles. The molecular formula is C15H16FNO3. The smallest absolute Gasteiger partial charge is 0.292 e. The molecule has 1 aromatic heterocycles. The zero-order valence-electron chi connectivity index (χ0n) is 11.0. The first-order valence-electron chi connectivity index (χ1n) is 6.38. The molecule has 0 aliphatic heterocycles. The van der Waals surface area contributed by atoms with Gasteiger partial charge in [0.2, 0.25) is 0 Å². The standard InChI is InChI=1S/C15H16FNO3/c16-13-5-1-4-12(10-13)11-20-14-6-2-7-17(15(14)19)8-3-9-18/h1-2,4-7,10,18H,3,8-9,11H2. The lowest BCUT2D eigenvalue weighted by molar-refractivity contribution is 0.275. The Bertz CT molecular complexity index is 625. The van der Waals surface area contributed by atoms with Crippen LogP contribution < -0.4 is 10.3 Å². The Hall–Kier alpha value is -2.14. The molecule has 0 bridgehead atoms. The molecule has 0 radical (unpaired) electrons. The van der Waals surface area contributed by atoms with Gasteiger partial charge in [0.05, 0.1) is 0 Å². The molecule has 0 amide bonds. The molecule has 0 atom stereocenters. The summed E-state index contributed by atoms with van der Waals surface area (Å²) in [6.07, 6.45) is 2.15. The molecule has 0 spiro atoms. The molecule has 2 rings (SSSR count). The monoisotopic (exact) mass is 277 g/mol. The Kier molecular flexibility index (Phi) is 4.90. The van der Waals surface area contributed by atoms with Crippen molar-refractivity contribution in [2.45, 2.75) is 19.6 Å². The van der Waals surface area contributed by atoms with Crippen molar-refractivity contribution in [1.82, 2.24) is 4.57 Å². The lowest BCUT2D eigenvalue weighted by Gasteiger charge is -2.09. The van der Waals surface area contributed by atoms with E-state index >= 15 is 0 Å². The van der Waals surface area contributed by atoms with Crippen LogP contribution in [0.15, 0.2) is 47.4 Å². The van der Waals surface area contributed by atoms with Crippen LogP contribution in [0, 0.1) is 5.82 Å². The van der Waals surface area contributed by atoms with Gasteiger partial charge in [-0.15, -0.1) is 0 Å². The third-order valence-corrected chi connectivity index (χ3v) is 2.83. The van der Waals surface area contributed by atoms with Gasteiger partial charge in [-0.3, -0.25) is 4.79 Å². The number of hydrogen-bond acceptors (Lipinski definition) is 3. The zero-order chi connectivity index (χ0) is 14.4. The highest BCUT2D eigenvalue weighted by Gasteiger charge is 2.05. The molecule has 1 N–H and O–H groups in total. The molecule has 0 fully saturated rings. The van der Waals surface area contributed by atoms with Gasteiger partial charge in [0.1, 0.15) is 12.4 Å². The lowest BCUT2D eigenvalue weighted by atomic mass is 10.2.